The predicted molar refractivity (Wildman–Crippen MR) is 81.6 cm³/mol. The monoisotopic (exact) mass is 355 g/mol. The number of halogens is 2. The van der Waals surface area contributed by atoms with Gasteiger partial charge < -0.3 is 4.74 Å². The first-order valence-electron chi connectivity index (χ1n) is 6.18. The summed E-state index contributed by atoms with van der Waals surface area (Å²) in [5, 5.41) is 11.0. The Morgan fingerprint density at radius 3 is 2.62 bits per heavy atom. The number of rotatable bonds is 8. The highest BCUT2D eigenvalue weighted by Gasteiger charge is 2.12. The Balaban J connectivity index is 2.48. The molecule has 6 nitrogen and oxygen atoms in total. The van der Waals surface area contributed by atoms with E-state index in [2.05, 4.69) is 0 Å². The van der Waals surface area contributed by atoms with Crippen LogP contribution in [0.3, 0.4) is 0 Å². The van der Waals surface area contributed by atoms with Crippen molar-refractivity contribution in [3.8, 4) is 5.75 Å². The molecule has 0 fully saturated rings. The normalized spacial score (nSPS) is 12.9. The average molecular weight is 356 g/mol. The van der Waals surface area contributed by atoms with E-state index in [0.717, 1.165) is 0 Å². The fraction of sp³-hybridized carbons (Fsp3) is 0.500. The predicted octanol–water partition coefficient (Wildman–Crippen LogP) is 3.61. The summed E-state index contributed by atoms with van der Waals surface area (Å²) in [5.41, 5.74) is -0.101. The fourth-order valence-electron chi connectivity index (χ4n) is 1.57. The van der Waals surface area contributed by atoms with Crippen LogP contribution in [0.5, 0.6) is 5.75 Å². The third kappa shape index (κ3) is 6.97. The smallest absolute Gasteiger partial charge is 0.273 e. The van der Waals surface area contributed by atoms with Crippen LogP contribution in [0.1, 0.15) is 19.8 Å². The molecule has 1 rings (SSSR count). The summed E-state index contributed by atoms with van der Waals surface area (Å²) in [6, 6.07) is 3.96. The molecule has 0 spiro atoms. The fourth-order valence-corrected chi connectivity index (χ4v) is 2.70. The SMILES string of the molecule is CC(CCOc1cc([N+](=O)[O-])ccc1Cl)CCS(=O)(=O)Cl. The zero-order valence-electron chi connectivity index (χ0n) is 11.3. The van der Waals surface area contributed by atoms with Crippen LogP contribution in [0.25, 0.3) is 0 Å². The van der Waals surface area contributed by atoms with Gasteiger partial charge in [-0.05, 0) is 24.8 Å². The third-order valence-electron chi connectivity index (χ3n) is 2.85. The highest BCUT2D eigenvalue weighted by molar-refractivity contribution is 8.13. The molecule has 1 unspecified atom stereocenters. The van der Waals surface area contributed by atoms with Gasteiger partial charge >= 0.3 is 0 Å². The van der Waals surface area contributed by atoms with Gasteiger partial charge in [0, 0.05) is 16.7 Å². The standard InChI is InChI=1S/C12H15Cl2NO5S/c1-9(5-7-21(14,18)19)4-6-20-12-8-10(15(16)17)2-3-11(12)13/h2-3,8-9H,4-7H2,1H3. The van der Waals surface area contributed by atoms with Gasteiger partial charge in [-0.15, -0.1) is 0 Å². The van der Waals surface area contributed by atoms with Crippen molar-refractivity contribution in [3.63, 3.8) is 0 Å². The highest BCUT2D eigenvalue weighted by Crippen LogP contribution is 2.29. The van der Waals surface area contributed by atoms with E-state index in [9.17, 15) is 18.5 Å². The van der Waals surface area contributed by atoms with E-state index in [0.29, 0.717) is 12.8 Å². The summed E-state index contributed by atoms with van der Waals surface area (Å²) in [6.07, 6.45) is 1.02. The number of benzene rings is 1. The lowest BCUT2D eigenvalue weighted by molar-refractivity contribution is -0.384. The minimum absolute atomic E-state index is 0.0900. The lowest BCUT2D eigenvalue weighted by Gasteiger charge is -2.12. The van der Waals surface area contributed by atoms with Crippen molar-refractivity contribution < 1.29 is 18.1 Å². The van der Waals surface area contributed by atoms with Crippen molar-refractivity contribution in [1.82, 2.24) is 0 Å². The lowest BCUT2D eigenvalue weighted by atomic mass is 10.1. The second-order valence-corrected chi connectivity index (χ2v) is 7.95. The molecule has 0 amide bonds. The number of non-ortho nitro benzene ring substituents is 1. The maximum Gasteiger partial charge on any atom is 0.273 e. The minimum atomic E-state index is -3.48. The molecule has 0 N–H and O–H groups in total. The summed E-state index contributed by atoms with van der Waals surface area (Å²) < 4.78 is 27.1. The zero-order chi connectivity index (χ0) is 16.0. The molecule has 0 saturated carbocycles. The van der Waals surface area contributed by atoms with Crippen LogP contribution < -0.4 is 4.74 Å². The Kier molecular flexibility index (Phi) is 6.70. The number of hydrogen-bond donors (Lipinski definition) is 0. The molecule has 1 aromatic carbocycles. The average Bonchev–Trinajstić information content (AvgIpc) is 2.37. The van der Waals surface area contributed by atoms with Gasteiger partial charge in [-0.1, -0.05) is 18.5 Å². The van der Waals surface area contributed by atoms with Gasteiger partial charge in [0.1, 0.15) is 5.75 Å². The van der Waals surface area contributed by atoms with Gasteiger partial charge in [0.2, 0.25) is 9.05 Å². The number of nitro groups is 1. The Morgan fingerprint density at radius 2 is 2.05 bits per heavy atom. The minimum Gasteiger partial charge on any atom is -0.492 e. The van der Waals surface area contributed by atoms with Crippen LogP contribution in [0, 0.1) is 16.0 Å². The van der Waals surface area contributed by atoms with Gasteiger partial charge in [0.05, 0.1) is 28.4 Å². The highest BCUT2D eigenvalue weighted by atomic mass is 35.7. The molecule has 0 heterocycles. The number of hydrogen-bond acceptors (Lipinski definition) is 5. The topological polar surface area (TPSA) is 86.5 Å². The Labute approximate surface area is 132 Å². The lowest BCUT2D eigenvalue weighted by Crippen LogP contribution is -2.08. The Morgan fingerprint density at radius 1 is 1.38 bits per heavy atom. The molecule has 0 aliphatic heterocycles. The number of nitro benzene ring substituents is 1. The molecule has 118 valence electrons. The van der Waals surface area contributed by atoms with Gasteiger partial charge in [-0.25, -0.2) is 8.42 Å². The molecule has 0 aromatic heterocycles. The molecular weight excluding hydrogens is 341 g/mol. The van der Waals surface area contributed by atoms with Crippen LogP contribution in [-0.4, -0.2) is 25.7 Å². The Hall–Kier alpha value is -1.05. The van der Waals surface area contributed by atoms with E-state index >= 15 is 0 Å². The van der Waals surface area contributed by atoms with E-state index in [4.69, 9.17) is 27.0 Å². The van der Waals surface area contributed by atoms with E-state index in [1.165, 1.54) is 18.2 Å². The summed E-state index contributed by atoms with van der Waals surface area (Å²) in [6.45, 7) is 2.16. The molecule has 1 aromatic rings. The van der Waals surface area contributed by atoms with Gasteiger partial charge in [-0.2, -0.15) is 0 Å². The second-order valence-electron chi connectivity index (χ2n) is 4.65. The van der Waals surface area contributed by atoms with Crippen LogP contribution >= 0.6 is 22.3 Å². The second kappa shape index (κ2) is 7.82. The molecule has 0 aliphatic carbocycles. The van der Waals surface area contributed by atoms with E-state index in [1.54, 1.807) is 0 Å². The van der Waals surface area contributed by atoms with Crippen LogP contribution in [-0.2, 0) is 9.05 Å². The van der Waals surface area contributed by atoms with Crippen LogP contribution in [0.15, 0.2) is 18.2 Å². The molecule has 1 atom stereocenters. The molecule has 0 aliphatic rings. The summed E-state index contributed by atoms with van der Waals surface area (Å²) in [4.78, 5) is 10.1. The zero-order valence-corrected chi connectivity index (χ0v) is 13.6. The molecule has 9 heteroatoms. The van der Waals surface area contributed by atoms with Crippen LogP contribution in [0.2, 0.25) is 5.02 Å². The largest absolute Gasteiger partial charge is 0.492 e. The number of ether oxygens (including phenoxy) is 1. The molecular formula is C12H15Cl2NO5S. The molecule has 21 heavy (non-hydrogen) atoms. The van der Waals surface area contributed by atoms with Gasteiger partial charge in [-0.3, -0.25) is 10.1 Å². The maximum atomic E-state index is 10.8. The first-order chi connectivity index (χ1) is 9.69. The molecule has 0 saturated heterocycles. The van der Waals surface area contributed by atoms with Crippen molar-refractivity contribution in [2.45, 2.75) is 19.8 Å². The summed E-state index contributed by atoms with van der Waals surface area (Å²) in [5.74, 6) is 0.242. The van der Waals surface area contributed by atoms with Crippen molar-refractivity contribution in [2.24, 2.45) is 5.92 Å². The van der Waals surface area contributed by atoms with Gasteiger partial charge in [0.15, 0.2) is 0 Å². The molecule has 0 bridgehead atoms. The van der Waals surface area contributed by atoms with Crippen LogP contribution in [0.4, 0.5) is 5.69 Å². The summed E-state index contributed by atoms with van der Waals surface area (Å²) >= 11 is 5.89. The first kappa shape index (κ1) is 18.0. The van der Waals surface area contributed by atoms with E-state index in [-0.39, 0.29) is 34.7 Å². The van der Waals surface area contributed by atoms with Crippen molar-refractivity contribution in [1.29, 1.82) is 0 Å². The van der Waals surface area contributed by atoms with Crippen molar-refractivity contribution >= 4 is 37.0 Å². The first-order valence-corrected chi connectivity index (χ1v) is 9.04. The quantitative estimate of drug-likeness (QED) is 0.403. The van der Waals surface area contributed by atoms with Crippen molar-refractivity contribution in [2.75, 3.05) is 12.4 Å². The van der Waals surface area contributed by atoms with E-state index < -0.39 is 14.0 Å². The van der Waals surface area contributed by atoms with Crippen molar-refractivity contribution in [3.05, 3.63) is 33.3 Å². The van der Waals surface area contributed by atoms with Gasteiger partial charge in [0.25, 0.3) is 5.69 Å². The number of nitrogens with zero attached hydrogens (tertiary/aromatic N) is 1. The summed E-state index contributed by atoms with van der Waals surface area (Å²) in [7, 11) is 1.65. The molecule has 0 radical (unpaired) electrons. The Bertz CT molecular complexity index is 606. The van der Waals surface area contributed by atoms with E-state index in [1.807, 2.05) is 6.92 Å². The third-order valence-corrected chi connectivity index (χ3v) is 4.35. The maximum absolute atomic E-state index is 10.8.